The van der Waals surface area contributed by atoms with Crippen LogP contribution in [-0.4, -0.2) is 51.3 Å². The van der Waals surface area contributed by atoms with Crippen molar-refractivity contribution >= 4 is 5.96 Å². The van der Waals surface area contributed by atoms with Crippen LogP contribution in [0.4, 0.5) is 4.39 Å². The molecular formula is C21H35FN4O. The van der Waals surface area contributed by atoms with Crippen LogP contribution in [0.25, 0.3) is 0 Å². The molecule has 2 N–H and O–H groups in total. The predicted octanol–water partition coefficient (Wildman–Crippen LogP) is 3.29. The molecule has 0 aliphatic heterocycles. The summed E-state index contributed by atoms with van der Waals surface area (Å²) in [6.45, 7) is 2.61. The summed E-state index contributed by atoms with van der Waals surface area (Å²) in [5, 5.41) is 6.57. The minimum Gasteiger partial charge on any atom is -0.376 e. The van der Waals surface area contributed by atoms with Gasteiger partial charge in [-0.1, -0.05) is 31.7 Å². The first-order chi connectivity index (χ1) is 13.1. The molecular weight excluding hydrogens is 343 g/mol. The molecule has 0 bridgehead atoms. The predicted molar refractivity (Wildman–Crippen MR) is 109 cm³/mol. The van der Waals surface area contributed by atoms with Gasteiger partial charge in [-0.05, 0) is 44.6 Å². The Labute approximate surface area is 163 Å². The monoisotopic (exact) mass is 378 g/mol. The smallest absolute Gasteiger partial charge is 0.191 e. The SMILES string of the molecule is CN=C(NCCOC1CCCCCC1)NCc1ccc(F)c(CN(C)C)c1. The summed E-state index contributed by atoms with van der Waals surface area (Å²) in [6.07, 6.45) is 8.05. The summed E-state index contributed by atoms with van der Waals surface area (Å²) in [6, 6.07) is 5.25. The van der Waals surface area contributed by atoms with E-state index in [2.05, 4.69) is 15.6 Å². The summed E-state index contributed by atoms with van der Waals surface area (Å²) in [4.78, 5) is 6.21. The highest BCUT2D eigenvalue weighted by molar-refractivity contribution is 5.79. The molecule has 6 heteroatoms. The minimum atomic E-state index is -0.161. The van der Waals surface area contributed by atoms with Crippen LogP contribution in [0.1, 0.15) is 49.7 Å². The van der Waals surface area contributed by atoms with E-state index in [0.29, 0.717) is 31.4 Å². The molecule has 5 nitrogen and oxygen atoms in total. The average Bonchev–Trinajstić information content (AvgIpc) is 2.92. The van der Waals surface area contributed by atoms with E-state index < -0.39 is 0 Å². The van der Waals surface area contributed by atoms with Gasteiger partial charge in [0.1, 0.15) is 5.82 Å². The Hall–Kier alpha value is -1.66. The number of guanidine groups is 1. The van der Waals surface area contributed by atoms with Gasteiger partial charge in [-0.2, -0.15) is 0 Å². The molecule has 1 fully saturated rings. The number of hydrogen-bond acceptors (Lipinski definition) is 3. The Kier molecular flexibility index (Phi) is 9.56. The second-order valence-corrected chi connectivity index (χ2v) is 7.50. The minimum absolute atomic E-state index is 0.161. The second kappa shape index (κ2) is 11.9. The first kappa shape index (κ1) is 21.6. The molecule has 0 amide bonds. The number of rotatable bonds is 8. The van der Waals surface area contributed by atoms with Crippen molar-refractivity contribution in [3.8, 4) is 0 Å². The van der Waals surface area contributed by atoms with Crippen molar-refractivity contribution in [3.63, 3.8) is 0 Å². The number of aliphatic imine (C=N–C) groups is 1. The van der Waals surface area contributed by atoms with Gasteiger partial charge in [0.2, 0.25) is 0 Å². The van der Waals surface area contributed by atoms with E-state index >= 15 is 0 Å². The highest BCUT2D eigenvalue weighted by Crippen LogP contribution is 2.19. The zero-order valence-corrected chi connectivity index (χ0v) is 17.1. The van der Waals surface area contributed by atoms with Crippen molar-refractivity contribution in [3.05, 3.63) is 35.1 Å². The fourth-order valence-corrected chi connectivity index (χ4v) is 3.41. The van der Waals surface area contributed by atoms with Gasteiger partial charge in [0, 0.05) is 32.2 Å². The lowest BCUT2D eigenvalue weighted by atomic mass is 10.1. The number of nitrogens with one attached hydrogen (secondary N) is 2. The number of benzene rings is 1. The molecule has 0 spiro atoms. The van der Waals surface area contributed by atoms with Crippen molar-refractivity contribution in [2.75, 3.05) is 34.3 Å². The van der Waals surface area contributed by atoms with Gasteiger partial charge < -0.3 is 20.3 Å². The van der Waals surface area contributed by atoms with Crippen LogP contribution >= 0.6 is 0 Å². The number of nitrogens with zero attached hydrogens (tertiary/aromatic N) is 2. The Bertz CT molecular complexity index is 584. The zero-order chi connectivity index (χ0) is 19.5. The number of halogens is 1. The van der Waals surface area contributed by atoms with Crippen molar-refractivity contribution in [2.45, 2.75) is 57.7 Å². The summed E-state index contributed by atoms with van der Waals surface area (Å²) in [5.41, 5.74) is 1.74. The third-order valence-corrected chi connectivity index (χ3v) is 4.83. The van der Waals surface area contributed by atoms with E-state index in [0.717, 1.165) is 18.1 Å². The van der Waals surface area contributed by atoms with E-state index in [1.807, 2.05) is 31.1 Å². The van der Waals surface area contributed by atoms with Gasteiger partial charge in [-0.25, -0.2) is 4.39 Å². The van der Waals surface area contributed by atoms with Gasteiger partial charge in [0.25, 0.3) is 0 Å². The third-order valence-electron chi connectivity index (χ3n) is 4.83. The summed E-state index contributed by atoms with van der Waals surface area (Å²) in [7, 11) is 5.63. The molecule has 0 atom stereocenters. The Morgan fingerprint density at radius 1 is 1.19 bits per heavy atom. The Morgan fingerprint density at radius 2 is 1.93 bits per heavy atom. The van der Waals surface area contributed by atoms with Gasteiger partial charge in [0.15, 0.2) is 5.96 Å². The van der Waals surface area contributed by atoms with Crippen LogP contribution in [0.15, 0.2) is 23.2 Å². The molecule has 152 valence electrons. The van der Waals surface area contributed by atoms with E-state index in [9.17, 15) is 4.39 Å². The van der Waals surface area contributed by atoms with Gasteiger partial charge >= 0.3 is 0 Å². The molecule has 1 aliphatic rings. The largest absolute Gasteiger partial charge is 0.376 e. The first-order valence-corrected chi connectivity index (χ1v) is 10.1. The van der Waals surface area contributed by atoms with Crippen LogP contribution in [0, 0.1) is 5.82 Å². The summed E-state index contributed by atoms with van der Waals surface area (Å²) >= 11 is 0. The first-order valence-electron chi connectivity index (χ1n) is 10.1. The molecule has 2 rings (SSSR count). The lowest BCUT2D eigenvalue weighted by Gasteiger charge is -2.17. The highest BCUT2D eigenvalue weighted by atomic mass is 19.1. The van der Waals surface area contributed by atoms with Crippen LogP contribution in [0.2, 0.25) is 0 Å². The molecule has 1 aromatic rings. The Morgan fingerprint density at radius 3 is 2.59 bits per heavy atom. The quantitative estimate of drug-likeness (QED) is 0.315. The Balaban J connectivity index is 1.72. The van der Waals surface area contributed by atoms with Gasteiger partial charge in [-0.15, -0.1) is 0 Å². The van der Waals surface area contributed by atoms with Crippen molar-refractivity contribution in [2.24, 2.45) is 4.99 Å². The number of ether oxygens (including phenoxy) is 1. The summed E-state index contributed by atoms with van der Waals surface area (Å²) < 4.78 is 19.9. The molecule has 1 saturated carbocycles. The molecule has 1 aliphatic carbocycles. The maximum absolute atomic E-state index is 13.9. The van der Waals surface area contributed by atoms with E-state index in [4.69, 9.17) is 4.74 Å². The fourth-order valence-electron chi connectivity index (χ4n) is 3.41. The van der Waals surface area contributed by atoms with Gasteiger partial charge in [-0.3, -0.25) is 4.99 Å². The molecule has 1 aromatic carbocycles. The maximum Gasteiger partial charge on any atom is 0.191 e. The van der Waals surface area contributed by atoms with Crippen molar-refractivity contribution < 1.29 is 9.13 Å². The molecule has 27 heavy (non-hydrogen) atoms. The van der Waals surface area contributed by atoms with E-state index in [1.165, 1.54) is 44.6 Å². The van der Waals surface area contributed by atoms with Crippen molar-refractivity contribution in [1.29, 1.82) is 0 Å². The van der Waals surface area contributed by atoms with Gasteiger partial charge in [0.05, 0.1) is 12.7 Å². The second-order valence-electron chi connectivity index (χ2n) is 7.50. The highest BCUT2D eigenvalue weighted by Gasteiger charge is 2.12. The third kappa shape index (κ3) is 8.26. The molecule has 0 radical (unpaired) electrons. The standard InChI is InChI=1S/C21H35FN4O/c1-23-21(24-12-13-27-19-8-6-4-5-7-9-19)25-15-17-10-11-20(22)18(14-17)16-26(2)3/h10-11,14,19H,4-9,12-13,15-16H2,1-3H3,(H2,23,24,25). The number of hydrogen-bond donors (Lipinski definition) is 2. The summed E-state index contributed by atoms with van der Waals surface area (Å²) in [5.74, 6) is 0.573. The van der Waals surface area contributed by atoms with Crippen LogP contribution < -0.4 is 10.6 Å². The molecule has 0 aromatic heterocycles. The maximum atomic E-state index is 13.9. The lowest BCUT2D eigenvalue weighted by Crippen LogP contribution is -2.39. The van der Waals surface area contributed by atoms with Crippen LogP contribution in [0.3, 0.4) is 0 Å². The molecule has 0 unspecified atom stereocenters. The topological polar surface area (TPSA) is 48.9 Å². The normalized spacial score (nSPS) is 16.4. The van der Waals surface area contributed by atoms with Crippen molar-refractivity contribution in [1.82, 2.24) is 15.5 Å². The van der Waals surface area contributed by atoms with E-state index in [1.54, 1.807) is 7.05 Å². The molecule has 0 heterocycles. The van der Waals surface area contributed by atoms with Crippen LogP contribution in [-0.2, 0) is 17.8 Å². The van der Waals surface area contributed by atoms with E-state index in [-0.39, 0.29) is 5.82 Å². The zero-order valence-electron chi connectivity index (χ0n) is 17.1. The lowest BCUT2D eigenvalue weighted by molar-refractivity contribution is 0.0468. The average molecular weight is 379 g/mol. The molecule has 0 saturated heterocycles. The fraction of sp³-hybridized carbons (Fsp3) is 0.667. The van der Waals surface area contributed by atoms with Crippen LogP contribution in [0.5, 0.6) is 0 Å².